The molecule has 0 amide bonds. The first kappa shape index (κ1) is 31.8. The van der Waals surface area contributed by atoms with Gasteiger partial charge in [-0.15, -0.1) is 6.58 Å². The van der Waals surface area contributed by atoms with E-state index in [1.165, 1.54) is 0 Å². The van der Waals surface area contributed by atoms with Crippen LogP contribution in [0.4, 0.5) is 0 Å². The Morgan fingerprint density at radius 1 is 0.591 bits per heavy atom. The molecule has 0 N–H and O–H groups in total. The molecule has 0 aliphatic carbocycles. The molecule has 0 saturated carbocycles. The molecule has 1 fully saturated rings. The molecule has 5 rings (SSSR count). The zero-order valence-electron chi connectivity index (χ0n) is 25.3. The Hall–Kier alpha value is -3.62. The van der Waals surface area contributed by atoms with Crippen molar-refractivity contribution in [2.75, 3.05) is 6.61 Å². The summed E-state index contributed by atoms with van der Waals surface area (Å²) >= 11 is 0. The topological polar surface area (TPSA) is 55.4 Å². The van der Waals surface area contributed by atoms with Gasteiger partial charge in [0, 0.05) is 0 Å². The van der Waals surface area contributed by atoms with E-state index in [2.05, 4.69) is 6.58 Å². The Balaban J connectivity index is 1.43. The summed E-state index contributed by atoms with van der Waals surface area (Å²) in [4.78, 5) is 0. The second-order valence-electron chi connectivity index (χ2n) is 10.9. The highest BCUT2D eigenvalue weighted by Crippen LogP contribution is 2.32. The van der Waals surface area contributed by atoms with E-state index in [-0.39, 0.29) is 12.7 Å². The summed E-state index contributed by atoms with van der Waals surface area (Å²) in [6.07, 6.45) is -1.37. The lowest BCUT2D eigenvalue weighted by Crippen LogP contribution is -2.62. The number of hydrogen-bond acceptors (Lipinski definition) is 6. The lowest BCUT2D eigenvalue weighted by Gasteiger charge is -2.46. The van der Waals surface area contributed by atoms with Crippen molar-refractivity contribution in [1.82, 2.24) is 0 Å². The third kappa shape index (κ3) is 9.44. The predicted octanol–water partition coefficient (Wildman–Crippen LogP) is 7.28. The Bertz CT molecular complexity index is 1350. The smallest absolute Gasteiger partial charge is 0.187 e. The average Bonchev–Trinajstić information content (AvgIpc) is 3.08. The summed E-state index contributed by atoms with van der Waals surface area (Å²) in [6, 6.07) is 40.4. The van der Waals surface area contributed by atoms with Gasteiger partial charge >= 0.3 is 0 Å². The second kappa shape index (κ2) is 17.0. The number of ether oxygens (including phenoxy) is 6. The molecular formula is C38H42O6. The van der Waals surface area contributed by atoms with Crippen LogP contribution in [-0.4, -0.2) is 43.4 Å². The molecule has 6 nitrogen and oxygen atoms in total. The Labute approximate surface area is 261 Å². The normalized spacial score (nSPS) is 22.3. The molecule has 0 spiro atoms. The maximum absolute atomic E-state index is 6.72. The molecule has 6 atom stereocenters. The van der Waals surface area contributed by atoms with E-state index >= 15 is 0 Å². The Morgan fingerprint density at radius 3 is 1.45 bits per heavy atom. The van der Waals surface area contributed by atoms with Gasteiger partial charge in [-0.25, -0.2) is 0 Å². The Kier molecular flexibility index (Phi) is 12.3. The van der Waals surface area contributed by atoms with E-state index in [4.69, 9.17) is 28.4 Å². The zero-order chi connectivity index (χ0) is 30.4. The minimum Gasteiger partial charge on any atom is -0.374 e. The molecule has 0 radical (unpaired) electrons. The lowest BCUT2D eigenvalue weighted by molar-refractivity contribution is -0.332. The Morgan fingerprint density at radius 2 is 1.00 bits per heavy atom. The maximum Gasteiger partial charge on any atom is 0.187 e. The van der Waals surface area contributed by atoms with E-state index in [1.54, 1.807) is 6.08 Å². The van der Waals surface area contributed by atoms with E-state index in [0.717, 1.165) is 22.3 Å². The van der Waals surface area contributed by atoms with Gasteiger partial charge in [0.25, 0.3) is 0 Å². The molecule has 6 heteroatoms. The molecule has 0 aromatic heterocycles. The predicted molar refractivity (Wildman–Crippen MR) is 171 cm³/mol. The largest absolute Gasteiger partial charge is 0.374 e. The third-order valence-corrected chi connectivity index (χ3v) is 7.52. The molecular weight excluding hydrogens is 552 g/mol. The molecule has 230 valence electrons. The zero-order valence-corrected chi connectivity index (χ0v) is 25.3. The van der Waals surface area contributed by atoms with Crippen molar-refractivity contribution < 1.29 is 28.4 Å². The van der Waals surface area contributed by atoms with Crippen LogP contribution in [0, 0.1) is 0 Å². The number of hydrogen-bond donors (Lipinski definition) is 0. The molecule has 1 aliphatic heterocycles. The van der Waals surface area contributed by atoms with Gasteiger partial charge in [-0.2, -0.15) is 0 Å². The third-order valence-electron chi connectivity index (χ3n) is 7.52. The van der Waals surface area contributed by atoms with E-state index in [0.29, 0.717) is 26.4 Å². The highest BCUT2D eigenvalue weighted by atomic mass is 16.7. The molecule has 0 bridgehead atoms. The van der Waals surface area contributed by atoms with Crippen LogP contribution in [0.3, 0.4) is 0 Å². The molecule has 1 unspecified atom stereocenters. The quantitative estimate of drug-likeness (QED) is 0.127. The fourth-order valence-corrected chi connectivity index (χ4v) is 5.12. The fraction of sp³-hybridized carbons (Fsp3) is 0.316. The molecule has 1 saturated heterocycles. The molecule has 44 heavy (non-hydrogen) atoms. The van der Waals surface area contributed by atoms with Gasteiger partial charge in [-0.3, -0.25) is 0 Å². The van der Waals surface area contributed by atoms with Gasteiger partial charge in [0.2, 0.25) is 0 Å². The van der Waals surface area contributed by atoms with Crippen LogP contribution in [0.2, 0.25) is 0 Å². The van der Waals surface area contributed by atoms with Crippen LogP contribution < -0.4 is 0 Å². The van der Waals surface area contributed by atoms with Gasteiger partial charge < -0.3 is 28.4 Å². The van der Waals surface area contributed by atoms with Gasteiger partial charge in [-0.1, -0.05) is 127 Å². The SMILES string of the molecule is C=CC(C)O[C@@H]1O[C@H](COCc2ccccc2)[C@@H](OCc2ccccc2)[C@H](OCc2ccccc2)[C@H]1OCc1ccccc1. The average molecular weight is 595 g/mol. The second-order valence-corrected chi connectivity index (χ2v) is 10.9. The lowest BCUT2D eigenvalue weighted by atomic mass is 9.97. The van der Waals surface area contributed by atoms with Crippen molar-refractivity contribution in [2.45, 2.75) is 70.2 Å². The first-order chi connectivity index (χ1) is 21.7. The first-order valence-electron chi connectivity index (χ1n) is 15.2. The van der Waals surface area contributed by atoms with Gasteiger partial charge in [0.1, 0.15) is 24.4 Å². The minimum absolute atomic E-state index is 0.273. The fourth-order valence-electron chi connectivity index (χ4n) is 5.12. The van der Waals surface area contributed by atoms with Gasteiger partial charge in [0.05, 0.1) is 39.1 Å². The highest BCUT2D eigenvalue weighted by molar-refractivity contribution is 5.16. The summed E-state index contributed by atoms with van der Waals surface area (Å²) in [6.45, 7) is 7.71. The summed E-state index contributed by atoms with van der Waals surface area (Å²) in [5, 5.41) is 0. The molecule has 1 heterocycles. The maximum atomic E-state index is 6.72. The van der Waals surface area contributed by atoms with Crippen molar-refractivity contribution in [3.63, 3.8) is 0 Å². The van der Waals surface area contributed by atoms with Crippen LogP contribution in [-0.2, 0) is 54.8 Å². The number of rotatable bonds is 16. The van der Waals surface area contributed by atoms with Gasteiger partial charge in [-0.05, 0) is 29.2 Å². The van der Waals surface area contributed by atoms with Crippen LogP contribution in [0.1, 0.15) is 29.2 Å². The standard InChI is InChI=1S/C38H42O6/c1-3-29(2)43-38-37(42-27-33-22-14-7-15-23-33)36(41-26-32-20-12-6-13-21-32)35(40-25-31-18-10-5-11-19-31)34(44-38)28-39-24-30-16-8-4-9-17-30/h3-23,29,34-38H,1,24-28H2,2H3/t29?,34-,35-,36+,37-,38-/m1/s1. The van der Waals surface area contributed by atoms with Crippen LogP contribution in [0.15, 0.2) is 134 Å². The molecule has 4 aromatic rings. The summed E-state index contributed by atoms with van der Waals surface area (Å²) in [5.74, 6) is 0. The van der Waals surface area contributed by atoms with Crippen molar-refractivity contribution >= 4 is 0 Å². The first-order valence-corrected chi connectivity index (χ1v) is 15.2. The van der Waals surface area contributed by atoms with Crippen molar-refractivity contribution in [3.8, 4) is 0 Å². The highest BCUT2D eigenvalue weighted by Gasteiger charge is 2.49. The van der Waals surface area contributed by atoms with Crippen LogP contribution in [0.25, 0.3) is 0 Å². The monoisotopic (exact) mass is 594 g/mol. The van der Waals surface area contributed by atoms with E-state index < -0.39 is 30.7 Å². The van der Waals surface area contributed by atoms with Crippen molar-refractivity contribution in [3.05, 3.63) is 156 Å². The van der Waals surface area contributed by atoms with Crippen LogP contribution >= 0.6 is 0 Å². The molecule has 4 aromatic carbocycles. The van der Waals surface area contributed by atoms with E-state index in [9.17, 15) is 0 Å². The van der Waals surface area contributed by atoms with Gasteiger partial charge in [0.15, 0.2) is 6.29 Å². The minimum atomic E-state index is -0.741. The van der Waals surface area contributed by atoms with E-state index in [1.807, 2.05) is 128 Å². The van der Waals surface area contributed by atoms with Crippen molar-refractivity contribution in [1.29, 1.82) is 0 Å². The molecule has 1 aliphatic rings. The summed E-state index contributed by atoms with van der Waals surface area (Å²) in [7, 11) is 0. The van der Waals surface area contributed by atoms with Crippen molar-refractivity contribution in [2.24, 2.45) is 0 Å². The summed E-state index contributed by atoms with van der Waals surface area (Å²) in [5.41, 5.74) is 4.23. The van der Waals surface area contributed by atoms with Crippen LogP contribution in [0.5, 0.6) is 0 Å². The number of benzene rings is 4. The summed E-state index contributed by atoms with van der Waals surface area (Å²) < 4.78 is 39.2.